The first-order valence-electron chi connectivity index (χ1n) is 16.8. The van der Waals surface area contributed by atoms with Crippen molar-refractivity contribution in [1.82, 2.24) is 39.5 Å². The molecule has 2 aromatic heterocycles. The molecule has 3 heterocycles. The molecule has 1 saturated heterocycles. The van der Waals surface area contributed by atoms with Crippen molar-refractivity contribution in [2.45, 2.75) is 69.6 Å². The fraction of sp³-hybridized carbons (Fsp3) is 0.417. The monoisotopic (exact) mass is 720 g/mol. The average Bonchev–Trinajstić information content (AvgIpc) is 3.72. The number of likely N-dealkylation sites (tertiary alicyclic amines) is 1. The van der Waals surface area contributed by atoms with Crippen LogP contribution in [0.1, 0.15) is 50.2 Å². The molecular weight excluding hydrogens is 676 g/mol. The summed E-state index contributed by atoms with van der Waals surface area (Å²) in [5, 5.41) is 5.79. The fourth-order valence-corrected chi connectivity index (χ4v) is 7.35. The first kappa shape index (κ1) is 37.5. The van der Waals surface area contributed by atoms with Gasteiger partial charge in [0.05, 0.1) is 17.0 Å². The van der Waals surface area contributed by atoms with Crippen molar-refractivity contribution in [3.8, 4) is 0 Å². The third-order valence-corrected chi connectivity index (χ3v) is 10.6. The van der Waals surface area contributed by atoms with Crippen molar-refractivity contribution in [3.63, 3.8) is 0 Å². The Hall–Kier alpha value is -4.73. The number of fused-ring (bicyclic) bond motifs is 1. The maximum Gasteiger partial charge on any atom is 0.274 e. The van der Waals surface area contributed by atoms with Crippen LogP contribution < -0.4 is 15.4 Å². The summed E-state index contributed by atoms with van der Waals surface area (Å²) in [5.41, 5.74) is 0.229. The van der Waals surface area contributed by atoms with Gasteiger partial charge in [0.2, 0.25) is 27.6 Å². The molecule has 1 aliphatic heterocycles. The predicted molar refractivity (Wildman–Crippen MR) is 190 cm³/mol. The van der Waals surface area contributed by atoms with Crippen LogP contribution in [0.25, 0.3) is 5.78 Å². The molecule has 4 atom stereocenters. The minimum Gasteiger partial charge on any atom is -0.342 e. The zero-order valence-corrected chi connectivity index (χ0v) is 30.2. The molecule has 0 spiro atoms. The SMILES string of the molecule is CN[C@@H](C)C(=O)N[C@H](C(=O)N1C[C@@H](NS(=O)(=O)c2ccccc2)C[C@H]1CN(CCc1ccc(F)cc1)C(=O)c1cn2cccnc2n1)C(C)(C)C. The van der Waals surface area contributed by atoms with Gasteiger partial charge < -0.3 is 20.4 Å². The maximum atomic E-state index is 14.5. The van der Waals surface area contributed by atoms with Crippen molar-refractivity contribution >= 4 is 33.5 Å². The molecule has 272 valence electrons. The standard InChI is InChI=1S/C36H45FN8O5S/c1-24(38-5)32(46)41-31(36(2,3)4)34(48)45-21-27(42-51(49,50)29-10-7-6-8-11-29)20-28(45)22-43(19-16-25-12-14-26(37)15-13-25)33(47)30-23-44-18-9-17-39-35(44)40-30/h6-15,17-18,23-24,27-28,31,38,42H,16,19-22H2,1-5H3,(H,41,46)/t24-,27-,28-,31+/m0/s1. The van der Waals surface area contributed by atoms with Gasteiger partial charge in [-0.25, -0.2) is 27.5 Å². The lowest BCUT2D eigenvalue weighted by Gasteiger charge is -2.37. The van der Waals surface area contributed by atoms with E-state index in [1.54, 1.807) is 83.2 Å². The molecule has 13 nitrogen and oxygen atoms in total. The Morgan fingerprint density at radius 2 is 1.76 bits per heavy atom. The molecule has 3 amide bonds. The molecule has 3 N–H and O–H groups in total. The van der Waals surface area contributed by atoms with Crippen LogP contribution in [0, 0.1) is 11.2 Å². The lowest BCUT2D eigenvalue weighted by Crippen LogP contribution is -2.59. The number of amides is 3. The first-order valence-corrected chi connectivity index (χ1v) is 18.3. The molecule has 1 fully saturated rings. The zero-order valence-electron chi connectivity index (χ0n) is 29.4. The number of hydrogen-bond donors (Lipinski definition) is 3. The van der Waals surface area contributed by atoms with Crippen molar-refractivity contribution in [2.24, 2.45) is 5.41 Å². The lowest BCUT2D eigenvalue weighted by atomic mass is 9.85. The highest BCUT2D eigenvalue weighted by Crippen LogP contribution is 2.28. The minimum atomic E-state index is -3.95. The summed E-state index contributed by atoms with van der Waals surface area (Å²) in [5.74, 6) is -1.20. The van der Waals surface area contributed by atoms with Gasteiger partial charge in [-0.15, -0.1) is 0 Å². The minimum absolute atomic E-state index is 0.0118. The normalized spacial score (nSPS) is 17.6. The van der Waals surface area contributed by atoms with E-state index in [-0.39, 0.29) is 48.4 Å². The van der Waals surface area contributed by atoms with E-state index in [0.717, 1.165) is 5.56 Å². The molecule has 4 aromatic rings. The molecule has 15 heteroatoms. The molecule has 0 radical (unpaired) electrons. The van der Waals surface area contributed by atoms with Crippen LogP contribution in [0.5, 0.6) is 0 Å². The van der Waals surface area contributed by atoms with Gasteiger partial charge in [-0.3, -0.25) is 18.8 Å². The smallest absolute Gasteiger partial charge is 0.274 e. The summed E-state index contributed by atoms with van der Waals surface area (Å²) < 4.78 is 44.9. The number of halogens is 1. The number of imidazole rings is 1. The number of nitrogens with one attached hydrogen (secondary N) is 3. The van der Waals surface area contributed by atoms with Gasteiger partial charge >= 0.3 is 0 Å². The summed E-state index contributed by atoms with van der Waals surface area (Å²) in [6.07, 6.45) is 5.46. The van der Waals surface area contributed by atoms with Gasteiger partial charge in [0.15, 0.2) is 0 Å². The number of carbonyl (C=O) groups is 3. The lowest BCUT2D eigenvalue weighted by molar-refractivity contribution is -0.140. The van der Waals surface area contributed by atoms with Gasteiger partial charge in [-0.05, 0) is 68.1 Å². The topological polar surface area (TPSA) is 158 Å². The first-order chi connectivity index (χ1) is 24.2. The van der Waals surface area contributed by atoms with E-state index in [1.807, 2.05) is 20.8 Å². The van der Waals surface area contributed by atoms with Gasteiger partial charge in [0, 0.05) is 44.3 Å². The zero-order chi connectivity index (χ0) is 36.9. The highest BCUT2D eigenvalue weighted by Gasteiger charge is 2.44. The Labute approximate surface area is 297 Å². The van der Waals surface area contributed by atoms with E-state index in [1.165, 1.54) is 24.3 Å². The second kappa shape index (κ2) is 15.7. The highest BCUT2D eigenvalue weighted by molar-refractivity contribution is 7.89. The molecule has 0 saturated carbocycles. The third-order valence-electron chi connectivity index (χ3n) is 9.06. The quantitative estimate of drug-likeness (QED) is 0.190. The number of hydrogen-bond acceptors (Lipinski definition) is 8. The predicted octanol–water partition coefficient (Wildman–Crippen LogP) is 2.64. The second-order valence-corrected chi connectivity index (χ2v) is 15.6. The van der Waals surface area contributed by atoms with Crippen LogP contribution in [0.2, 0.25) is 0 Å². The molecule has 0 aliphatic carbocycles. The number of likely N-dealkylation sites (N-methyl/N-ethyl adjacent to an activating group) is 1. The fourth-order valence-electron chi connectivity index (χ4n) is 6.09. The summed E-state index contributed by atoms with van der Waals surface area (Å²) >= 11 is 0. The number of rotatable bonds is 13. The Kier molecular flexibility index (Phi) is 11.5. The summed E-state index contributed by atoms with van der Waals surface area (Å²) in [4.78, 5) is 53.7. The molecule has 51 heavy (non-hydrogen) atoms. The van der Waals surface area contributed by atoms with Crippen molar-refractivity contribution in [1.29, 1.82) is 0 Å². The van der Waals surface area contributed by atoms with Crippen LogP contribution in [-0.2, 0) is 26.0 Å². The van der Waals surface area contributed by atoms with E-state index in [2.05, 4.69) is 25.3 Å². The van der Waals surface area contributed by atoms with Crippen LogP contribution in [0.3, 0.4) is 0 Å². The van der Waals surface area contributed by atoms with Crippen LogP contribution in [-0.4, -0.2) is 101 Å². The number of carbonyl (C=O) groups excluding carboxylic acids is 3. The van der Waals surface area contributed by atoms with E-state index in [9.17, 15) is 27.2 Å². The van der Waals surface area contributed by atoms with Crippen LogP contribution in [0.4, 0.5) is 4.39 Å². The molecule has 5 rings (SSSR count). The molecule has 2 aromatic carbocycles. The number of nitrogens with zero attached hydrogens (tertiary/aromatic N) is 5. The largest absolute Gasteiger partial charge is 0.342 e. The van der Waals surface area contributed by atoms with E-state index in [0.29, 0.717) is 12.2 Å². The third kappa shape index (κ3) is 9.15. The Morgan fingerprint density at radius 3 is 2.41 bits per heavy atom. The van der Waals surface area contributed by atoms with Gasteiger partial charge in [0.25, 0.3) is 5.91 Å². The highest BCUT2D eigenvalue weighted by atomic mass is 32.2. The summed E-state index contributed by atoms with van der Waals surface area (Å²) in [6, 6.07) is 12.8. The Balaban J connectivity index is 1.48. The molecule has 0 bridgehead atoms. The van der Waals surface area contributed by atoms with Crippen LogP contribution in [0.15, 0.2) is 84.1 Å². The van der Waals surface area contributed by atoms with Crippen molar-refractivity contribution < 1.29 is 27.2 Å². The second-order valence-electron chi connectivity index (χ2n) is 13.9. The Bertz CT molecular complexity index is 1920. The number of benzene rings is 2. The van der Waals surface area contributed by atoms with Gasteiger partial charge in [-0.2, -0.15) is 0 Å². The molecular formula is C36H45FN8O5S. The van der Waals surface area contributed by atoms with Gasteiger partial charge in [0.1, 0.15) is 17.6 Å². The van der Waals surface area contributed by atoms with Gasteiger partial charge in [-0.1, -0.05) is 51.1 Å². The van der Waals surface area contributed by atoms with E-state index in [4.69, 9.17) is 0 Å². The maximum absolute atomic E-state index is 14.5. The molecule has 0 unspecified atom stereocenters. The summed E-state index contributed by atoms with van der Waals surface area (Å²) in [7, 11) is -2.30. The summed E-state index contributed by atoms with van der Waals surface area (Å²) in [6.45, 7) is 7.46. The van der Waals surface area contributed by atoms with Crippen molar-refractivity contribution in [3.05, 3.63) is 96.3 Å². The van der Waals surface area contributed by atoms with Crippen LogP contribution >= 0.6 is 0 Å². The number of aromatic nitrogens is 3. The van der Waals surface area contributed by atoms with E-state index >= 15 is 0 Å². The number of sulfonamides is 1. The Morgan fingerprint density at radius 1 is 1.06 bits per heavy atom. The van der Waals surface area contributed by atoms with Crippen molar-refractivity contribution in [2.75, 3.05) is 26.7 Å². The average molecular weight is 721 g/mol. The molecule has 1 aliphatic rings. The van der Waals surface area contributed by atoms with E-state index < -0.39 is 51.4 Å².